The fourth-order valence-corrected chi connectivity index (χ4v) is 4.24. The molecule has 4 rings (SSSR count). The molecular weight excluding hydrogens is 373 g/mol. The Morgan fingerprint density at radius 1 is 1.11 bits per heavy atom. The van der Waals surface area contributed by atoms with Crippen molar-refractivity contribution < 1.29 is 9.18 Å². The third-order valence-electron chi connectivity index (χ3n) is 4.43. The van der Waals surface area contributed by atoms with Crippen molar-refractivity contribution in [2.45, 2.75) is 20.4 Å². The molecular formula is C22H18FN3OS. The Bertz CT molecular complexity index is 1140. The second-order valence-corrected chi connectivity index (χ2v) is 7.65. The molecule has 28 heavy (non-hydrogen) atoms. The molecule has 0 atom stereocenters. The molecule has 0 fully saturated rings. The molecule has 0 N–H and O–H groups in total. The molecule has 2 heterocycles. The predicted octanol–water partition coefficient (Wildman–Crippen LogP) is 5.29. The maximum Gasteiger partial charge on any atom is 0.260 e. The van der Waals surface area contributed by atoms with Crippen LogP contribution in [0, 0.1) is 19.7 Å². The van der Waals surface area contributed by atoms with E-state index < -0.39 is 0 Å². The first-order chi connectivity index (χ1) is 13.5. The van der Waals surface area contributed by atoms with E-state index in [4.69, 9.17) is 4.98 Å². The van der Waals surface area contributed by atoms with Gasteiger partial charge in [0, 0.05) is 11.8 Å². The van der Waals surface area contributed by atoms with Gasteiger partial charge >= 0.3 is 0 Å². The van der Waals surface area contributed by atoms with Gasteiger partial charge in [0.05, 0.1) is 22.5 Å². The molecule has 0 saturated heterocycles. The Morgan fingerprint density at radius 3 is 2.61 bits per heavy atom. The summed E-state index contributed by atoms with van der Waals surface area (Å²) < 4.78 is 14.3. The van der Waals surface area contributed by atoms with E-state index in [1.165, 1.54) is 35.6 Å². The van der Waals surface area contributed by atoms with Crippen LogP contribution in [0.15, 0.2) is 60.8 Å². The van der Waals surface area contributed by atoms with Crippen molar-refractivity contribution in [3.63, 3.8) is 0 Å². The van der Waals surface area contributed by atoms with Crippen molar-refractivity contribution in [3.8, 4) is 0 Å². The number of aryl methyl sites for hydroxylation is 2. The number of pyridine rings is 1. The van der Waals surface area contributed by atoms with Crippen molar-refractivity contribution in [2.24, 2.45) is 0 Å². The van der Waals surface area contributed by atoms with Crippen LogP contribution in [0.3, 0.4) is 0 Å². The van der Waals surface area contributed by atoms with E-state index in [2.05, 4.69) is 17.1 Å². The zero-order valence-electron chi connectivity index (χ0n) is 15.5. The summed E-state index contributed by atoms with van der Waals surface area (Å²) in [6.45, 7) is 4.35. The Labute approximate surface area is 166 Å². The van der Waals surface area contributed by atoms with Gasteiger partial charge in [-0.05, 0) is 67.4 Å². The number of hydrogen-bond acceptors (Lipinski definition) is 4. The monoisotopic (exact) mass is 391 g/mol. The zero-order chi connectivity index (χ0) is 19.7. The number of thiazole rings is 1. The first-order valence-electron chi connectivity index (χ1n) is 8.86. The molecule has 2 aromatic heterocycles. The van der Waals surface area contributed by atoms with Crippen molar-refractivity contribution in [2.75, 3.05) is 4.90 Å². The highest BCUT2D eigenvalue weighted by Crippen LogP contribution is 2.33. The fourth-order valence-electron chi connectivity index (χ4n) is 3.10. The molecule has 2 aromatic carbocycles. The number of benzene rings is 2. The number of hydrogen-bond donors (Lipinski definition) is 0. The van der Waals surface area contributed by atoms with Gasteiger partial charge in [-0.15, -0.1) is 0 Å². The Morgan fingerprint density at radius 2 is 1.89 bits per heavy atom. The third kappa shape index (κ3) is 3.64. The molecule has 0 spiro atoms. The zero-order valence-corrected chi connectivity index (χ0v) is 16.3. The standard InChI is InChI=1S/C22H18FN3OS/c1-14-11-15(2)20-19(12-14)28-22(25-20)26(13-18-5-3-4-10-24-18)21(27)16-6-8-17(23)9-7-16/h3-12H,13H2,1-2H3. The van der Waals surface area contributed by atoms with Crippen LogP contribution in [0.2, 0.25) is 0 Å². The van der Waals surface area contributed by atoms with Crippen LogP contribution in [0.25, 0.3) is 10.2 Å². The van der Waals surface area contributed by atoms with Gasteiger partial charge in [-0.1, -0.05) is 23.5 Å². The van der Waals surface area contributed by atoms with Gasteiger partial charge in [-0.2, -0.15) is 0 Å². The highest BCUT2D eigenvalue weighted by atomic mass is 32.1. The number of aromatic nitrogens is 2. The predicted molar refractivity (Wildman–Crippen MR) is 110 cm³/mol. The highest BCUT2D eigenvalue weighted by Gasteiger charge is 2.22. The van der Waals surface area contributed by atoms with Crippen LogP contribution in [0.5, 0.6) is 0 Å². The van der Waals surface area contributed by atoms with Crippen LogP contribution < -0.4 is 4.90 Å². The minimum Gasteiger partial charge on any atom is -0.278 e. The minimum absolute atomic E-state index is 0.237. The molecule has 140 valence electrons. The molecule has 6 heteroatoms. The normalized spacial score (nSPS) is 11.0. The molecule has 0 aliphatic heterocycles. The molecule has 4 nitrogen and oxygen atoms in total. The van der Waals surface area contributed by atoms with E-state index >= 15 is 0 Å². The molecule has 0 aliphatic carbocycles. The summed E-state index contributed by atoms with van der Waals surface area (Å²) in [7, 11) is 0. The summed E-state index contributed by atoms with van der Waals surface area (Å²) in [6, 6.07) is 15.3. The van der Waals surface area contributed by atoms with Gasteiger partial charge < -0.3 is 0 Å². The summed E-state index contributed by atoms with van der Waals surface area (Å²) in [4.78, 5) is 23.9. The first kappa shape index (κ1) is 18.3. The lowest BCUT2D eigenvalue weighted by Crippen LogP contribution is -2.30. The molecule has 0 aliphatic rings. The number of nitrogens with zero attached hydrogens (tertiary/aromatic N) is 3. The van der Waals surface area contributed by atoms with Crippen molar-refractivity contribution >= 4 is 32.6 Å². The smallest absolute Gasteiger partial charge is 0.260 e. The summed E-state index contributed by atoms with van der Waals surface area (Å²) >= 11 is 1.47. The molecule has 0 saturated carbocycles. The fraction of sp³-hybridized carbons (Fsp3) is 0.136. The van der Waals surface area contributed by atoms with Crippen LogP contribution in [-0.2, 0) is 6.54 Å². The number of rotatable bonds is 4. The summed E-state index contributed by atoms with van der Waals surface area (Å²) in [6.07, 6.45) is 1.70. The van der Waals surface area contributed by atoms with E-state index in [1.54, 1.807) is 11.1 Å². The van der Waals surface area contributed by atoms with E-state index in [9.17, 15) is 9.18 Å². The molecule has 0 radical (unpaired) electrons. The molecule has 0 bridgehead atoms. The summed E-state index contributed by atoms with van der Waals surface area (Å²) in [5.74, 6) is -0.613. The minimum atomic E-state index is -0.376. The largest absolute Gasteiger partial charge is 0.278 e. The summed E-state index contributed by atoms with van der Waals surface area (Å²) in [5, 5.41) is 0.601. The first-order valence-corrected chi connectivity index (χ1v) is 9.68. The Kier molecular flexibility index (Phi) is 4.88. The molecule has 0 unspecified atom stereocenters. The lowest BCUT2D eigenvalue weighted by Gasteiger charge is -2.19. The Hall–Kier alpha value is -3.12. The second-order valence-electron chi connectivity index (χ2n) is 6.64. The van der Waals surface area contributed by atoms with E-state index in [-0.39, 0.29) is 18.3 Å². The molecule has 4 aromatic rings. The average molecular weight is 391 g/mol. The average Bonchev–Trinajstić information content (AvgIpc) is 3.11. The third-order valence-corrected chi connectivity index (χ3v) is 5.46. The van der Waals surface area contributed by atoms with Gasteiger partial charge in [0.1, 0.15) is 5.82 Å². The lowest BCUT2D eigenvalue weighted by atomic mass is 10.1. The lowest BCUT2D eigenvalue weighted by molar-refractivity contribution is 0.0985. The van der Waals surface area contributed by atoms with Crippen molar-refractivity contribution in [3.05, 3.63) is 89.0 Å². The van der Waals surface area contributed by atoms with Gasteiger partial charge in [0.2, 0.25) is 0 Å². The maximum absolute atomic E-state index is 13.3. The van der Waals surface area contributed by atoms with E-state index in [0.29, 0.717) is 10.7 Å². The topological polar surface area (TPSA) is 46.1 Å². The van der Waals surface area contributed by atoms with Crippen LogP contribution >= 0.6 is 11.3 Å². The van der Waals surface area contributed by atoms with Gasteiger partial charge in [-0.3, -0.25) is 14.7 Å². The van der Waals surface area contributed by atoms with Crippen molar-refractivity contribution in [1.82, 2.24) is 9.97 Å². The number of carbonyl (C=O) groups excluding carboxylic acids is 1. The number of carbonyl (C=O) groups is 1. The van der Waals surface area contributed by atoms with Crippen LogP contribution in [-0.4, -0.2) is 15.9 Å². The highest BCUT2D eigenvalue weighted by molar-refractivity contribution is 7.22. The Balaban J connectivity index is 1.79. The van der Waals surface area contributed by atoms with E-state index in [1.807, 2.05) is 32.0 Å². The van der Waals surface area contributed by atoms with Crippen molar-refractivity contribution in [1.29, 1.82) is 0 Å². The number of anilines is 1. The SMILES string of the molecule is Cc1cc(C)c2nc(N(Cc3ccccn3)C(=O)c3ccc(F)cc3)sc2c1. The van der Waals surface area contributed by atoms with Gasteiger partial charge in [0.25, 0.3) is 5.91 Å². The van der Waals surface area contributed by atoms with Gasteiger partial charge in [-0.25, -0.2) is 9.37 Å². The van der Waals surface area contributed by atoms with E-state index in [0.717, 1.165) is 27.0 Å². The van der Waals surface area contributed by atoms with Crippen LogP contribution in [0.1, 0.15) is 27.2 Å². The van der Waals surface area contributed by atoms with Crippen LogP contribution in [0.4, 0.5) is 9.52 Å². The number of halogens is 1. The maximum atomic E-state index is 13.3. The number of fused-ring (bicyclic) bond motifs is 1. The second kappa shape index (κ2) is 7.48. The van der Waals surface area contributed by atoms with Gasteiger partial charge in [0.15, 0.2) is 5.13 Å². The summed E-state index contributed by atoms with van der Waals surface area (Å²) in [5.41, 5.74) is 4.28. The quantitative estimate of drug-likeness (QED) is 0.475. The number of amides is 1. The molecule has 1 amide bonds.